The van der Waals surface area contributed by atoms with Crippen molar-refractivity contribution in [1.29, 1.82) is 0 Å². The molecular formula is C35H42IN3O10. The van der Waals surface area contributed by atoms with Crippen molar-refractivity contribution >= 4 is 46.5 Å². The minimum absolute atomic E-state index is 0.00790. The average molecular weight is 792 g/mol. The minimum atomic E-state index is -1.36. The van der Waals surface area contributed by atoms with Gasteiger partial charge in [0.05, 0.1) is 27.9 Å². The van der Waals surface area contributed by atoms with Gasteiger partial charge in [-0.05, 0) is 97.0 Å². The Bertz CT molecular complexity index is 1580. The summed E-state index contributed by atoms with van der Waals surface area (Å²) in [6, 6.07) is 15.6. The number of hydrogen-bond donors (Lipinski definition) is 4. The number of nitrogens with one attached hydrogen (secondary N) is 3. The molecule has 3 amide bonds. The van der Waals surface area contributed by atoms with Crippen LogP contribution in [0.2, 0.25) is 0 Å². The zero-order valence-electron chi connectivity index (χ0n) is 28.2. The fraction of sp³-hybridized carbons (Fsp3) is 0.371. The van der Waals surface area contributed by atoms with Crippen molar-refractivity contribution in [1.82, 2.24) is 16.0 Å². The highest BCUT2D eigenvalue weighted by Crippen LogP contribution is 2.33. The topological polar surface area (TPSA) is 171 Å². The summed E-state index contributed by atoms with van der Waals surface area (Å²) in [5.74, 6) is -0.0985. The lowest BCUT2D eigenvalue weighted by Crippen LogP contribution is -2.57. The minimum Gasteiger partial charge on any atom is -0.497 e. The summed E-state index contributed by atoms with van der Waals surface area (Å²) in [5, 5.41) is 17.4. The quantitative estimate of drug-likeness (QED) is 0.131. The molecule has 3 rings (SSSR count). The fourth-order valence-electron chi connectivity index (χ4n) is 4.52. The number of halogens is 1. The van der Waals surface area contributed by atoms with Gasteiger partial charge in [0.2, 0.25) is 11.8 Å². The highest BCUT2D eigenvalue weighted by atomic mass is 127. The molecular weight excluding hydrogens is 749 g/mol. The molecule has 0 saturated carbocycles. The lowest BCUT2D eigenvalue weighted by Gasteiger charge is -2.26. The molecule has 0 unspecified atom stereocenters. The molecule has 14 heteroatoms. The van der Waals surface area contributed by atoms with Gasteiger partial charge in [0.15, 0.2) is 17.5 Å². The predicted molar refractivity (Wildman–Crippen MR) is 189 cm³/mol. The Balaban J connectivity index is 1.87. The van der Waals surface area contributed by atoms with Crippen molar-refractivity contribution < 1.29 is 48.0 Å². The van der Waals surface area contributed by atoms with E-state index in [1.807, 2.05) is 12.1 Å². The van der Waals surface area contributed by atoms with Gasteiger partial charge in [0, 0.05) is 16.4 Å². The van der Waals surface area contributed by atoms with Crippen LogP contribution >= 0.6 is 22.6 Å². The highest BCUT2D eigenvalue weighted by molar-refractivity contribution is 14.1. The monoisotopic (exact) mass is 791 g/mol. The molecule has 0 bridgehead atoms. The van der Waals surface area contributed by atoms with Crippen LogP contribution in [0.3, 0.4) is 0 Å². The molecule has 0 aliphatic heterocycles. The van der Waals surface area contributed by atoms with E-state index in [0.29, 0.717) is 34.1 Å². The largest absolute Gasteiger partial charge is 0.497 e. The number of benzene rings is 3. The number of amides is 3. The molecule has 0 aliphatic carbocycles. The molecule has 3 aromatic carbocycles. The Labute approximate surface area is 299 Å². The summed E-state index contributed by atoms with van der Waals surface area (Å²) < 4.78 is 27.7. The maximum Gasteiger partial charge on any atom is 0.408 e. The molecule has 0 aromatic heterocycles. The molecule has 0 radical (unpaired) electrons. The van der Waals surface area contributed by atoms with E-state index in [4.69, 9.17) is 18.9 Å². The predicted octanol–water partition coefficient (Wildman–Crippen LogP) is 3.91. The van der Waals surface area contributed by atoms with E-state index in [0.717, 1.165) is 10.7 Å². The maximum absolute atomic E-state index is 13.8. The Hall–Kier alpha value is -4.57. The second-order valence-electron chi connectivity index (χ2n) is 11.8. The summed E-state index contributed by atoms with van der Waals surface area (Å²) in [6.45, 7) is 4.35. The average Bonchev–Trinajstić information content (AvgIpc) is 3.06. The molecule has 0 fully saturated rings. The maximum atomic E-state index is 13.8. The summed E-state index contributed by atoms with van der Waals surface area (Å²) in [4.78, 5) is 52.2. The summed E-state index contributed by atoms with van der Waals surface area (Å²) in [5.41, 5.74) is 0.488. The highest BCUT2D eigenvalue weighted by Gasteiger charge is 2.31. The third-order valence-corrected chi connectivity index (χ3v) is 7.61. The molecule has 0 aliphatic rings. The SMILES string of the molecule is COC(=O)[C@H](CO)NC(=O)[C@H](Cc1ccc(OC)cc1)NC(=O)[C@H](Cc1ccc(Oc2cc(I)ccc2OC)cc1)NC(=O)OC(C)(C)C. The molecule has 264 valence electrons. The lowest BCUT2D eigenvalue weighted by atomic mass is 10.0. The van der Waals surface area contributed by atoms with Gasteiger partial charge < -0.3 is 44.7 Å². The van der Waals surface area contributed by atoms with Crippen LogP contribution in [0, 0.1) is 3.57 Å². The van der Waals surface area contributed by atoms with Crippen LogP contribution in [0.25, 0.3) is 0 Å². The standard InChI is InChI=1S/C35H42IN3O10/c1-35(2,3)49-34(44)39-27(18-22-9-14-25(15-10-22)48-30-19-23(36)11-16-29(30)46-5)32(42)37-26(17-21-7-12-24(45-4)13-8-21)31(41)38-28(20-40)33(43)47-6/h7-16,19,26-28,40H,17-18,20H2,1-6H3,(H,37,42)(H,38,41)(H,39,44)/t26-,27-,28-/m0/s1. The van der Waals surface area contributed by atoms with Gasteiger partial charge in [-0.15, -0.1) is 0 Å². The van der Waals surface area contributed by atoms with Crippen molar-refractivity contribution in [2.24, 2.45) is 0 Å². The molecule has 4 N–H and O–H groups in total. The first-order valence-corrected chi connectivity index (χ1v) is 16.3. The van der Waals surface area contributed by atoms with E-state index in [1.165, 1.54) is 7.11 Å². The van der Waals surface area contributed by atoms with Crippen LogP contribution in [-0.4, -0.2) is 80.6 Å². The molecule has 0 heterocycles. The smallest absolute Gasteiger partial charge is 0.408 e. The molecule has 3 atom stereocenters. The Morgan fingerprint density at radius 3 is 1.73 bits per heavy atom. The number of alkyl carbamates (subject to hydrolysis) is 1. The molecule has 3 aromatic rings. The van der Waals surface area contributed by atoms with E-state index in [1.54, 1.807) is 82.5 Å². The van der Waals surface area contributed by atoms with Gasteiger partial charge in [-0.1, -0.05) is 24.3 Å². The number of ether oxygens (including phenoxy) is 5. The Morgan fingerprint density at radius 1 is 0.714 bits per heavy atom. The van der Waals surface area contributed by atoms with Gasteiger partial charge in [-0.25, -0.2) is 9.59 Å². The van der Waals surface area contributed by atoms with E-state index in [9.17, 15) is 24.3 Å². The lowest BCUT2D eigenvalue weighted by molar-refractivity contribution is -0.146. The molecule has 13 nitrogen and oxygen atoms in total. The first-order chi connectivity index (χ1) is 23.2. The number of methoxy groups -OCH3 is 3. The summed E-state index contributed by atoms with van der Waals surface area (Å²) >= 11 is 2.18. The van der Waals surface area contributed by atoms with Crippen molar-refractivity contribution in [3.8, 4) is 23.0 Å². The van der Waals surface area contributed by atoms with Gasteiger partial charge in [-0.2, -0.15) is 0 Å². The second-order valence-corrected chi connectivity index (χ2v) is 13.1. The van der Waals surface area contributed by atoms with Crippen LogP contribution in [-0.2, 0) is 36.7 Å². The van der Waals surface area contributed by atoms with Crippen LogP contribution in [0.5, 0.6) is 23.0 Å². The van der Waals surface area contributed by atoms with Crippen molar-refractivity contribution in [3.05, 3.63) is 81.4 Å². The fourth-order valence-corrected chi connectivity index (χ4v) is 4.98. The summed E-state index contributed by atoms with van der Waals surface area (Å²) in [6.07, 6.45) is -0.801. The van der Waals surface area contributed by atoms with Gasteiger partial charge in [-0.3, -0.25) is 9.59 Å². The van der Waals surface area contributed by atoms with Gasteiger partial charge in [0.1, 0.15) is 29.2 Å². The number of esters is 1. The molecule has 0 saturated heterocycles. The van der Waals surface area contributed by atoms with Crippen LogP contribution in [0.15, 0.2) is 66.7 Å². The Kier molecular flexibility index (Phi) is 14.5. The number of hydrogen-bond acceptors (Lipinski definition) is 10. The van der Waals surface area contributed by atoms with Crippen LogP contribution in [0.4, 0.5) is 4.79 Å². The van der Waals surface area contributed by atoms with Crippen LogP contribution in [0.1, 0.15) is 31.9 Å². The Morgan fingerprint density at radius 2 is 1.24 bits per heavy atom. The van der Waals surface area contributed by atoms with E-state index in [2.05, 4.69) is 43.3 Å². The number of aliphatic hydroxyl groups is 1. The summed E-state index contributed by atoms with van der Waals surface area (Å²) in [7, 11) is 4.20. The van der Waals surface area contributed by atoms with Crippen LogP contribution < -0.4 is 30.2 Å². The molecule has 49 heavy (non-hydrogen) atoms. The number of aliphatic hydroxyl groups excluding tert-OH is 1. The molecule has 0 spiro atoms. The number of carbonyl (C=O) groups is 4. The van der Waals surface area contributed by atoms with Gasteiger partial charge >= 0.3 is 12.1 Å². The van der Waals surface area contributed by atoms with Crippen molar-refractivity contribution in [2.75, 3.05) is 27.9 Å². The zero-order chi connectivity index (χ0) is 36.1. The normalized spacial score (nSPS) is 12.8. The van der Waals surface area contributed by atoms with E-state index < -0.39 is 54.2 Å². The van der Waals surface area contributed by atoms with Crippen molar-refractivity contribution in [3.63, 3.8) is 0 Å². The third kappa shape index (κ3) is 12.4. The first-order valence-electron chi connectivity index (χ1n) is 15.3. The zero-order valence-corrected chi connectivity index (χ0v) is 30.4. The number of carbonyl (C=O) groups excluding carboxylic acids is 4. The van der Waals surface area contributed by atoms with Crippen molar-refractivity contribution in [2.45, 2.75) is 57.3 Å². The second kappa shape index (κ2) is 18.3. The number of rotatable bonds is 15. The third-order valence-electron chi connectivity index (χ3n) is 6.94. The van der Waals surface area contributed by atoms with E-state index in [-0.39, 0.29) is 12.8 Å². The van der Waals surface area contributed by atoms with Gasteiger partial charge in [0.25, 0.3) is 0 Å². The van der Waals surface area contributed by atoms with E-state index >= 15 is 0 Å². The first kappa shape index (κ1) is 38.9.